The molecule has 0 fully saturated rings. The van der Waals surface area contributed by atoms with E-state index in [9.17, 15) is 0 Å². The van der Waals surface area contributed by atoms with Gasteiger partial charge in [-0.25, -0.2) is 0 Å². The standard InChI is InChI=1S/C18H24BrN3O2S/c1-20-18(22(2)8-7-14-6-5-9-25-14)21-12-13-10-15(19)17(24-4)16(11-13)23-3/h5-6,9-11H,7-8,12H2,1-4H3,(H,20,21). The first-order chi connectivity index (χ1) is 12.1. The first-order valence-electron chi connectivity index (χ1n) is 7.93. The molecular weight excluding hydrogens is 402 g/mol. The Kier molecular flexibility index (Phi) is 7.58. The van der Waals surface area contributed by atoms with E-state index in [0.717, 1.165) is 29.0 Å². The molecule has 0 atom stereocenters. The molecule has 1 aromatic carbocycles. The van der Waals surface area contributed by atoms with Crippen molar-refractivity contribution in [1.29, 1.82) is 0 Å². The molecule has 7 heteroatoms. The van der Waals surface area contributed by atoms with Crippen molar-refractivity contribution in [2.75, 3.05) is 34.9 Å². The average molecular weight is 426 g/mol. The zero-order chi connectivity index (χ0) is 18.2. The summed E-state index contributed by atoms with van der Waals surface area (Å²) in [4.78, 5) is 7.88. The second kappa shape index (κ2) is 9.68. The molecule has 0 saturated carbocycles. The van der Waals surface area contributed by atoms with Crippen molar-refractivity contribution in [3.63, 3.8) is 0 Å². The molecule has 0 radical (unpaired) electrons. The van der Waals surface area contributed by atoms with Gasteiger partial charge in [0.15, 0.2) is 17.5 Å². The number of aliphatic imine (C=N–C) groups is 1. The molecule has 2 aromatic rings. The third kappa shape index (κ3) is 5.37. The summed E-state index contributed by atoms with van der Waals surface area (Å²) < 4.78 is 11.6. The fourth-order valence-electron chi connectivity index (χ4n) is 2.48. The third-order valence-electron chi connectivity index (χ3n) is 3.79. The molecule has 0 saturated heterocycles. The Morgan fingerprint density at radius 1 is 1.32 bits per heavy atom. The van der Waals surface area contributed by atoms with Gasteiger partial charge < -0.3 is 19.7 Å². The third-order valence-corrected chi connectivity index (χ3v) is 5.32. The molecule has 2 rings (SSSR count). The summed E-state index contributed by atoms with van der Waals surface area (Å²) in [6, 6.07) is 8.24. The predicted octanol–water partition coefficient (Wildman–Crippen LogP) is 3.78. The Hall–Kier alpha value is -1.73. The van der Waals surface area contributed by atoms with Crippen LogP contribution in [0.5, 0.6) is 11.5 Å². The van der Waals surface area contributed by atoms with E-state index in [4.69, 9.17) is 9.47 Å². The van der Waals surface area contributed by atoms with Crippen molar-refractivity contribution >= 4 is 33.2 Å². The zero-order valence-electron chi connectivity index (χ0n) is 15.0. The predicted molar refractivity (Wildman–Crippen MR) is 108 cm³/mol. The Balaban J connectivity index is 1.97. The van der Waals surface area contributed by atoms with E-state index >= 15 is 0 Å². The van der Waals surface area contributed by atoms with Crippen molar-refractivity contribution in [2.24, 2.45) is 4.99 Å². The molecule has 1 aromatic heterocycles. The van der Waals surface area contributed by atoms with Gasteiger partial charge >= 0.3 is 0 Å². The number of nitrogens with zero attached hydrogens (tertiary/aromatic N) is 2. The van der Waals surface area contributed by atoms with Crippen LogP contribution in [0.3, 0.4) is 0 Å². The minimum absolute atomic E-state index is 0.648. The molecule has 1 N–H and O–H groups in total. The second-order valence-electron chi connectivity index (χ2n) is 5.46. The summed E-state index contributed by atoms with van der Waals surface area (Å²) in [6.45, 7) is 1.56. The van der Waals surface area contributed by atoms with Gasteiger partial charge in [0, 0.05) is 32.1 Å². The highest BCUT2D eigenvalue weighted by Crippen LogP contribution is 2.36. The van der Waals surface area contributed by atoms with Crippen LogP contribution in [0.15, 0.2) is 39.1 Å². The van der Waals surface area contributed by atoms with Crippen molar-refractivity contribution < 1.29 is 9.47 Å². The summed E-state index contributed by atoms with van der Waals surface area (Å²) in [5.41, 5.74) is 1.08. The summed E-state index contributed by atoms with van der Waals surface area (Å²) in [5.74, 6) is 2.26. The van der Waals surface area contributed by atoms with Crippen LogP contribution in [0.4, 0.5) is 0 Å². The largest absolute Gasteiger partial charge is 0.493 e. The fraction of sp³-hybridized carbons (Fsp3) is 0.389. The first-order valence-corrected chi connectivity index (χ1v) is 9.60. The van der Waals surface area contributed by atoms with Crippen LogP contribution in [-0.2, 0) is 13.0 Å². The molecule has 5 nitrogen and oxygen atoms in total. The van der Waals surface area contributed by atoms with Crippen molar-refractivity contribution in [1.82, 2.24) is 10.2 Å². The average Bonchev–Trinajstić information content (AvgIpc) is 3.13. The molecule has 0 bridgehead atoms. The van der Waals surface area contributed by atoms with Crippen LogP contribution >= 0.6 is 27.3 Å². The van der Waals surface area contributed by atoms with Gasteiger partial charge in [-0.1, -0.05) is 6.07 Å². The fourth-order valence-corrected chi connectivity index (χ4v) is 3.83. The number of guanidine groups is 1. The lowest BCUT2D eigenvalue weighted by Gasteiger charge is -2.22. The molecule has 0 spiro atoms. The lowest BCUT2D eigenvalue weighted by Crippen LogP contribution is -2.39. The lowest BCUT2D eigenvalue weighted by atomic mass is 10.2. The maximum absolute atomic E-state index is 5.40. The molecule has 136 valence electrons. The molecule has 1 heterocycles. The number of benzene rings is 1. The number of halogens is 1. The molecule has 0 amide bonds. The van der Waals surface area contributed by atoms with Crippen LogP contribution in [0.25, 0.3) is 0 Å². The highest BCUT2D eigenvalue weighted by atomic mass is 79.9. The lowest BCUT2D eigenvalue weighted by molar-refractivity contribution is 0.352. The smallest absolute Gasteiger partial charge is 0.193 e. The van der Waals surface area contributed by atoms with Gasteiger partial charge in [-0.15, -0.1) is 11.3 Å². The maximum Gasteiger partial charge on any atom is 0.193 e. The second-order valence-corrected chi connectivity index (χ2v) is 7.35. The van der Waals surface area contributed by atoms with Gasteiger partial charge in [0.05, 0.1) is 18.7 Å². The Morgan fingerprint density at radius 2 is 2.12 bits per heavy atom. The monoisotopic (exact) mass is 425 g/mol. The van der Waals surface area contributed by atoms with E-state index in [1.165, 1.54) is 4.88 Å². The quantitative estimate of drug-likeness (QED) is 0.541. The first kappa shape index (κ1) is 19.6. The number of thiophene rings is 1. The van der Waals surface area contributed by atoms with Crippen molar-refractivity contribution in [2.45, 2.75) is 13.0 Å². The summed E-state index contributed by atoms with van der Waals surface area (Å²) >= 11 is 5.31. The van der Waals surface area contributed by atoms with E-state index in [1.54, 1.807) is 32.6 Å². The van der Waals surface area contributed by atoms with Crippen LogP contribution in [0.1, 0.15) is 10.4 Å². The minimum Gasteiger partial charge on any atom is -0.493 e. The molecule has 0 aliphatic heterocycles. The summed E-state index contributed by atoms with van der Waals surface area (Å²) in [6.07, 6.45) is 1.01. The number of rotatable bonds is 7. The topological polar surface area (TPSA) is 46.1 Å². The Labute approximate surface area is 161 Å². The SMILES string of the molecule is CN=C(NCc1cc(Br)c(OC)c(OC)c1)N(C)CCc1cccs1. The molecule has 0 aliphatic rings. The molecular formula is C18H24BrN3O2S. The van der Waals surface area contributed by atoms with Crippen LogP contribution in [-0.4, -0.2) is 45.7 Å². The van der Waals surface area contributed by atoms with Gasteiger partial charge in [-0.2, -0.15) is 0 Å². The number of ether oxygens (including phenoxy) is 2. The number of hydrogen-bond acceptors (Lipinski definition) is 4. The number of likely N-dealkylation sites (N-methyl/N-ethyl adjacent to an activating group) is 1. The number of methoxy groups -OCH3 is 2. The van der Waals surface area contributed by atoms with E-state index in [0.29, 0.717) is 18.0 Å². The normalized spacial score (nSPS) is 11.3. The van der Waals surface area contributed by atoms with Gasteiger partial charge in [-0.3, -0.25) is 4.99 Å². The van der Waals surface area contributed by atoms with E-state index in [1.807, 2.05) is 19.2 Å². The molecule has 25 heavy (non-hydrogen) atoms. The van der Waals surface area contributed by atoms with Crippen LogP contribution in [0.2, 0.25) is 0 Å². The number of hydrogen-bond donors (Lipinski definition) is 1. The Bertz CT molecular complexity index is 705. The highest BCUT2D eigenvalue weighted by Gasteiger charge is 2.12. The minimum atomic E-state index is 0.648. The van der Waals surface area contributed by atoms with Gasteiger partial charge in [0.1, 0.15) is 0 Å². The van der Waals surface area contributed by atoms with Gasteiger partial charge in [0.25, 0.3) is 0 Å². The summed E-state index contributed by atoms with van der Waals surface area (Å²) in [7, 11) is 7.12. The van der Waals surface area contributed by atoms with Crippen molar-refractivity contribution in [3.8, 4) is 11.5 Å². The van der Waals surface area contributed by atoms with Crippen LogP contribution < -0.4 is 14.8 Å². The Morgan fingerprint density at radius 3 is 2.72 bits per heavy atom. The van der Waals surface area contributed by atoms with E-state index < -0.39 is 0 Å². The zero-order valence-corrected chi connectivity index (χ0v) is 17.4. The highest BCUT2D eigenvalue weighted by molar-refractivity contribution is 9.10. The maximum atomic E-state index is 5.40. The van der Waals surface area contributed by atoms with Crippen molar-refractivity contribution in [3.05, 3.63) is 44.6 Å². The molecule has 0 unspecified atom stereocenters. The van der Waals surface area contributed by atoms with Crippen LogP contribution in [0, 0.1) is 0 Å². The van der Waals surface area contributed by atoms with Gasteiger partial charge in [0.2, 0.25) is 0 Å². The van der Waals surface area contributed by atoms with Gasteiger partial charge in [-0.05, 0) is 51.5 Å². The van der Waals surface area contributed by atoms with E-state index in [-0.39, 0.29) is 0 Å². The number of nitrogens with one attached hydrogen (secondary N) is 1. The summed E-state index contributed by atoms with van der Waals surface area (Å²) in [5, 5.41) is 5.50. The van der Waals surface area contributed by atoms with E-state index in [2.05, 4.69) is 48.7 Å². The molecule has 0 aliphatic carbocycles.